The number of hydrogen-bond acceptors (Lipinski definition) is 4. The van der Waals surface area contributed by atoms with Crippen LogP contribution in [0.25, 0.3) is 0 Å². The van der Waals surface area contributed by atoms with Crippen LogP contribution >= 0.6 is 0 Å². The molecule has 1 unspecified atom stereocenters. The standard InChI is InChI=1S/C12H15F2N3O2S/c1-3-17(7-8(2)6-15)20(18,19)12-5-11(16)9(13)4-10(12)14/h4-5,8H,3,7,16H2,1-2H3. The van der Waals surface area contributed by atoms with Crippen molar-refractivity contribution < 1.29 is 17.2 Å². The second kappa shape index (κ2) is 6.15. The van der Waals surface area contributed by atoms with Gasteiger partial charge < -0.3 is 5.73 Å². The lowest BCUT2D eigenvalue weighted by Crippen LogP contribution is -2.35. The van der Waals surface area contributed by atoms with Gasteiger partial charge in [0.05, 0.1) is 17.7 Å². The first-order valence-corrected chi connectivity index (χ1v) is 7.32. The summed E-state index contributed by atoms with van der Waals surface area (Å²) >= 11 is 0. The van der Waals surface area contributed by atoms with Crippen molar-refractivity contribution in [3.05, 3.63) is 23.8 Å². The van der Waals surface area contributed by atoms with Crippen LogP contribution in [0.1, 0.15) is 13.8 Å². The predicted octanol–water partition coefficient (Wildman–Crippen LogP) is 1.72. The number of nitrogen functional groups attached to an aromatic ring is 1. The Hall–Kier alpha value is -1.72. The Morgan fingerprint density at radius 3 is 2.50 bits per heavy atom. The summed E-state index contributed by atoms with van der Waals surface area (Å²) in [5.41, 5.74) is 4.83. The van der Waals surface area contributed by atoms with E-state index in [0.717, 1.165) is 10.4 Å². The van der Waals surface area contributed by atoms with Gasteiger partial charge in [-0.15, -0.1) is 0 Å². The minimum absolute atomic E-state index is 0.0606. The molecule has 0 spiro atoms. The van der Waals surface area contributed by atoms with E-state index in [-0.39, 0.29) is 13.1 Å². The van der Waals surface area contributed by atoms with Gasteiger partial charge in [0.2, 0.25) is 10.0 Å². The van der Waals surface area contributed by atoms with Crippen molar-refractivity contribution >= 4 is 15.7 Å². The van der Waals surface area contributed by atoms with Crippen LogP contribution < -0.4 is 5.73 Å². The Labute approximate surface area is 116 Å². The molecule has 1 aromatic rings. The first-order valence-electron chi connectivity index (χ1n) is 5.88. The van der Waals surface area contributed by atoms with E-state index in [1.807, 2.05) is 6.07 Å². The van der Waals surface area contributed by atoms with Gasteiger partial charge in [0, 0.05) is 19.2 Å². The van der Waals surface area contributed by atoms with E-state index in [2.05, 4.69) is 0 Å². The van der Waals surface area contributed by atoms with Crippen LogP contribution in [0.2, 0.25) is 0 Å². The van der Waals surface area contributed by atoms with Crippen LogP contribution in [0.5, 0.6) is 0 Å². The van der Waals surface area contributed by atoms with Crippen molar-refractivity contribution in [2.45, 2.75) is 18.7 Å². The highest BCUT2D eigenvalue weighted by atomic mass is 32.2. The molecule has 0 saturated heterocycles. The molecule has 0 aliphatic heterocycles. The van der Waals surface area contributed by atoms with Gasteiger partial charge in [0.15, 0.2) is 0 Å². The third-order valence-electron chi connectivity index (χ3n) is 2.72. The third kappa shape index (κ3) is 3.23. The van der Waals surface area contributed by atoms with Crippen LogP contribution in [0, 0.1) is 28.9 Å². The SMILES string of the molecule is CCN(CC(C)C#N)S(=O)(=O)c1cc(N)c(F)cc1F. The van der Waals surface area contributed by atoms with Crippen molar-refractivity contribution in [2.75, 3.05) is 18.8 Å². The summed E-state index contributed by atoms with van der Waals surface area (Å²) in [6.45, 7) is 3.09. The first-order chi connectivity index (χ1) is 9.23. The maximum Gasteiger partial charge on any atom is 0.246 e. The summed E-state index contributed by atoms with van der Waals surface area (Å²) in [4.78, 5) is -0.691. The fourth-order valence-electron chi connectivity index (χ4n) is 1.63. The zero-order chi connectivity index (χ0) is 15.5. The number of rotatable bonds is 5. The average molecular weight is 303 g/mol. The number of nitriles is 1. The van der Waals surface area contributed by atoms with Crippen LogP contribution in [0.15, 0.2) is 17.0 Å². The zero-order valence-corrected chi connectivity index (χ0v) is 11.9. The number of nitrogens with zero attached hydrogens (tertiary/aromatic N) is 2. The van der Waals surface area contributed by atoms with Gasteiger partial charge in [-0.25, -0.2) is 17.2 Å². The van der Waals surface area contributed by atoms with Gasteiger partial charge >= 0.3 is 0 Å². The van der Waals surface area contributed by atoms with Crippen LogP contribution in [-0.4, -0.2) is 25.8 Å². The monoisotopic (exact) mass is 303 g/mol. The molecule has 2 N–H and O–H groups in total. The smallest absolute Gasteiger partial charge is 0.246 e. The molecule has 1 atom stereocenters. The van der Waals surface area contributed by atoms with Crippen LogP contribution in [0.4, 0.5) is 14.5 Å². The quantitative estimate of drug-likeness (QED) is 0.839. The van der Waals surface area contributed by atoms with E-state index < -0.39 is 38.2 Å². The molecule has 0 saturated carbocycles. The Morgan fingerprint density at radius 2 is 2.00 bits per heavy atom. The predicted molar refractivity (Wildman–Crippen MR) is 70.0 cm³/mol. The van der Waals surface area contributed by atoms with E-state index in [0.29, 0.717) is 6.07 Å². The second-order valence-electron chi connectivity index (χ2n) is 4.29. The molecule has 0 radical (unpaired) electrons. The molecule has 1 rings (SSSR count). The van der Waals surface area contributed by atoms with E-state index >= 15 is 0 Å². The van der Waals surface area contributed by atoms with Crippen molar-refractivity contribution in [2.24, 2.45) is 5.92 Å². The van der Waals surface area contributed by atoms with E-state index in [1.54, 1.807) is 13.8 Å². The molecule has 8 heteroatoms. The molecule has 0 aromatic heterocycles. The largest absolute Gasteiger partial charge is 0.396 e. The minimum Gasteiger partial charge on any atom is -0.396 e. The highest BCUT2D eigenvalue weighted by Crippen LogP contribution is 2.24. The summed E-state index contributed by atoms with van der Waals surface area (Å²) in [5, 5.41) is 8.74. The lowest BCUT2D eigenvalue weighted by molar-refractivity contribution is 0.396. The molecule has 20 heavy (non-hydrogen) atoms. The highest BCUT2D eigenvalue weighted by Gasteiger charge is 2.28. The Kier molecular flexibility index (Phi) is 5.03. The summed E-state index contributed by atoms with van der Waals surface area (Å²) in [7, 11) is -4.17. The molecule has 0 heterocycles. The third-order valence-corrected chi connectivity index (χ3v) is 4.68. The molecule has 1 aromatic carbocycles. The van der Waals surface area contributed by atoms with E-state index in [1.165, 1.54) is 0 Å². The molecule has 5 nitrogen and oxygen atoms in total. The van der Waals surface area contributed by atoms with Gasteiger partial charge in [-0.2, -0.15) is 9.57 Å². The molecule has 0 amide bonds. The van der Waals surface area contributed by atoms with Gasteiger partial charge in [-0.05, 0) is 13.0 Å². The maximum absolute atomic E-state index is 13.7. The summed E-state index contributed by atoms with van der Waals surface area (Å²) < 4.78 is 52.3. The Morgan fingerprint density at radius 1 is 1.40 bits per heavy atom. The molecule has 0 bridgehead atoms. The lowest BCUT2D eigenvalue weighted by atomic mass is 10.2. The summed E-state index contributed by atoms with van der Waals surface area (Å²) in [6, 6.07) is 3.09. The zero-order valence-electron chi connectivity index (χ0n) is 11.1. The molecule has 110 valence electrons. The van der Waals surface area contributed by atoms with Crippen molar-refractivity contribution in [1.29, 1.82) is 5.26 Å². The maximum atomic E-state index is 13.7. The van der Waals surface area contributed by atoms with Gasteiger partial charge in [0.1, 0.15) is 16.5 Å². The number of anilines is 1. The Bertz CT molecular complexity index is 641. The van der Waals surface area contributed by atoms with Gasteiger partial charge in [-0.1, -0.05) is 6.92 Å². The topological polar surface area (TPSA) is 87.2 Å². The van der Waals surface area contributed by atoms with Crippen molar-refractivity contribution in [3.63, 3.8) is 0 Å². The number of nitrogens with two attached hydrogens (primary N) is 1. The fraction of sp³-hybridized carbons (Fsp3) is 0.417. The van der Waals surface area contributed by atoms with Crippen LogP contribution in [-0.2, 0) is 10.0 Å². The molecular formula is C12H15F2N3O2S. The van der Waals surface area contributed by atoms with Crippen molar-refractivity contribution in [1.82, 2.24) is 4.31 Å². The average Bonchev–Trinajstić information content (AvgIpc) is 2.39. The van der Waals surface area contributed by atoms with Crippen molar-refractivity contribution in [3.8, 4) is 6.07 Å². The highest BCUT2D eigenvalue weighted by molar-refractivity contribution is 7.89. The number of hydrogen-bond donors (Lipinski definition) is 1. The summed E-state index contributed by atoms with van der Waals surface area (Å²) in [5.74, 6) is -2.78. The molecule has 0 aliphatic rings. The second-order valence-corrected chi connectivity index (χ2v) is 6.20. The van der Waals surface area contributed by atoms with Gasteiger partial charge in [0.25, 0.3) is 0 Å². The minimum atomic E-state index is -4.17. The number of halogens is 2. The first kappa shape index (κ1) is 16.3. The number of benzene rings is 1. The normalized spacial score (nSPS) is 13.2. The van der Waals surface area contributed by atoms with Crippen LogP contribution in [0.3, 0.4) is 0 Å². The molecular weight excluding hydrogens is 288 g/mol. The fourth-order valence-corrected chi connectivity index (χ4v) is 3.24. The van der Waals surface area contributed by atoms with Gasteiger partial charge in [-0.3, -0.25) is 0 Å². The summed E-state index contributed by atoms with van der Waals surface area (Å²) in [6.07, 6.45) is 0. The lowest BCUT2D eigenvalue weighted by Gasteiger charge is -2.22. The van der Waals surface area contributed by atoms with E-state index in [9.17, 15) is 17.2 Å². The van der Waals surface area contributed by atoms with E-state index in [4.69, 9.17) is 11.0 Å². The molecule has 0 fully saturated rings. The number of sulfonamides is 1. The Balaban J connectivity index is 3.28. The molecule has 0 aliphatic carbocycles.